The summed E-state index contributed by atoms with van der Waals surface area (Å²) < 4.78 is 26.7. The Balaban J connectivity index is 1.46. The van der Waals surface area contributed by atoms with E-state index >= 15 is 0 Å². The third-order valence-electron chi connectivity index (χ3n) is 5.16. The number of hydrogen-bond donors (Lipinski definition) is 2. The predicted molar refractivity (Wildman–Crippen MR) is 114 cm³/mol. The maximum absolute atomic E-state index is 11.9. The minimum absolute atomic E-state index is 0.234. The van der Waals surface area contributed by atoms with Gasteiger partial charge in [0.2, 0.25) is 10.0 Å². The molecule has 0 aliphatic heterocycles. The fourth-order valence-corrected chi connectivity index (χ4v) is 5.52. The number of nitrogens with zero attached hydrogens (tertiary/aromatic N) is 3. The Bertz CT molecular complexity index is 861. The van der Waals surface area contributed by atoms with E-state index < -0.39 is 10.0 Å². The molecule has 9 heteroatoms. The Kier molecular flexibility index (Phi) is 7.36. The first-order valence-electron chi connectivity index (χ1n) is 9.94. The van der Waals surface area contributed by atoms with Gasteiger partial charge in [-0.25, -0.2) is 18.1 Å². The first-order valence-corrected chi connectivity index (χ1v) is 12.5. The normalized spacial score (nSPS) is 20.2. The number of aromatic nitrogens is 3. The first-order chi connectivity index (χ1) is 13.5. The fourth-order valence-electron chi connectivity index (χ4n) is 3.44. The Morgan fingerprint density at radius 1 is 1.18 bits per heavy atom. The molecule has 0 amide bonds. The molecule has 1 aliphatic carbocycles. The highest BCUT2D eigenvalue weighted by atomic mass is 32.2. The molecule has 7 nitrogen and oxygen atoms in total. The molecule has 1 saturated carbocycles. The molecule has 1 fully saturated rings. The summed E-state index contributed by atoms with van der Waals surface area (Å²) in [6, 6.07) is 0.384. The van der Waals surface area contributed by atoms with Crippen molar-refractivity contribution in [3.8, 4) is 11.4 Å². The van der Waals surface area contributed by atoms with Crippen molar-refractivity contribution < 1.29 is 8.42 Å². The molecule has 2 N–H and O–H groups in total. The van der Waals surface area contributed by atoms with Gasteiger partial charge < -0.3 is 5.32 Å². The quantitative estimate of drug-likeness (QED) is 0.640. The van der Waals surface area contributed by atoms with Gasteiger partial charge >= 0.3 is 0 Å². The van der Waals surface area contributed by atoms with Crippen LogP contribution < -0.4 is 10.0 Å². The molecule has 2 heterocycles. The second-order valence-electron chi connectivity index (χ2n) is 7.41. The smallest absolute Gasteiger partial charge is 0.211 e. The van der Waals surface area contributed by atoms with E-state index in [-0.39, 0.29) is 5.75 Å². The van der Waals surface area contributed by atoms with Crippen LogP contribution in [0.3, 0.4) is 0 Å². The van der Waals surface area contributed by atoms with Gasteiger partial charge in [-0.3, -0.25) is 9.97 Å². The lowest BCUT2D eigenvalue weighted by molar-refractivity contribution is 0.337. The number of aryl methyl sites for hydroxylation is 1. The van der Waals surface area contributed by atoms with E-state index in [1.54, 1.807) is 23.7 Å². The van der Waals surface area contributed by atoms with Gasteiger partial charge in [0.1, 0.15) is 11.4 Å². The average Bonchev–Trinajstić information content (AvgIpc) is 3.14. The van der Waals surface area contributed by atoms with Crippen molar-refractivity contribution >= 4 is 26.5 Å². The van der Waals surface area contributed by atoms with E-state index in [2.05, 4.69) is 25.0 Å². The van der Waals surface area contributed by atoms with E-state index in [1.165, 1.54) is 0 Å². The molecule has 0 unspecified atom stereocenters. The molecule has 0 radical (unpaired) electrons. The monoisotopic (exact) mass is 423 g/mol. The Morgan fingerprint density at radius 3 is 2.64 bits per heavy atom. The third kappa shape index (κ3) is 5.96. The van der Waals surface area contributed by atoms with Crippen molar-refractivity contribution in [1.82, 2.24) is 19.7 Å². The van der Waals surface area contributed by atoms with Crippen LogP contribution in [0.4, 0.5) is 5.13 Å². The molecule has 3 rings (SSSR count). The van der Waals surface area contributed by atoms with E-state index in [1.807, 2.05) is 19.2 Å². The second-order valence-corrected chi connectivity index (χ2v) is 10.2. The molecule has 2 aromatic heterocycles. The summed E-state index contributed by atoms with van der Waals surface area (Å²) >= 11 is 1.59. The lowest BCUT2D eigenvalue weighted by Crippen LogP contribution is -2.35. The lowest BCUT2D eigenvalue weighted by atomic mass is 9.86. The number of rotatable bonds is 9. The molecular weight excluding hydrogens is 394 g/mol. The van der Waals surface area contributed by atoms with Crippen LogP contribution in [0.5, 0.6) is 0 Å². The molecular formula is C19H29N5O2S2. The molecule has 28 heavy (non-hydrogen) atoms. The van der Waals surface area contributed by atoms with Crippen LogP contribution in [0, 0.1) is 12.8 Å². The Morgan fingerprint density at radius 2 is 1.93 bits per heavy atom. The SMILES string of the molecule is CCCCS(=O)(=O)NCC1CCC(Nc2nc(-c3nccnc3C)cs2)CC1. The highest BCUT2D eigenvalue weighted by molar-refractivity contribution is 7.89. The minimum atomic E-state index is -3.12. The van der Waals surface area contributed by atoms with Gasteiger partial charge in [-0.1, -0.05) is 13.3 Å². The molecule has 0 aromatic carbocycles. The second kappa shape index (κ2) is 9.76. The van der Waals surface area contributed by atoms with Crippen LogP contribution in [0.15, 0.2) is 17.8 Å². The topological polar surface area (TPSA) is 96.9 Å². The van der Waals surface area contributed by atoms with Crippen molar-refractivity contribution in [3.63, 3.8) is 0 Å². The van der Waals surface area contributed by atoms with Gasteiger partial charge in [0.15, 0.2) is 5.13 Å². The Hall–Kier alpha value is -1.58. The van der Waals surface area contributed by atoms with Gasteiger partial charge in [0.05, 0.1) is 11.4 Å². The zero-order valence-corrected chi connectivity index (χ0v) is 18.2. The molecule has 0 bridgehead atoms. The largest absolute Gasteiger partial charge is 0.359 e. The summed E-state index contributed by atoms with van der Waals surface area (Å²) in [6.45, 7) is 4.50. The first kappa shape index (κ1) is 21.1. The van der Waals surface area contributed by atoms with Crippen molar-refractivity contribution in [2.24, 2.45) is 5.92 Å². The maximum atomic E-state index is 11.9. The summed E-state index contributed by atoms with van der Waals surface area (Å²) in [4.78, 5) is 13.3. The summed E-state index contributed by atoms with van der Waals surface area (Å²) in [5.41, 5.74) is 2.56. The van der Waals surface area contributed by atoms with Gasteiger partial charge in [-0.05, 0) is 44.9 Å². The maximum Gasteiger partial charge on any atom is 0.211 e. The molecule has 154 valence electrons. The zero-order valence-electron chi connectivity index (χ0n) is 16.5. The highest BCUT2D eigenvalue weighted by Crippen LogP contribution is 2.29. The van der Waals surface area contributed by atoms with Gasteiger partial charge in [0.25, 0.3) is 0 Å². The van der Waals surface area contributed by atoms with Crippen molar-refractivity contribution in [2.75, 3.05) is 17.6 Å². The number of thiazole rings is 1. The number of unbranched alkanes of at least 4 members (excludes halogenated alkanes) is 1. The van der Waals surface area contributed by atoms with Crippen LogP contribution in [0.1, 0.15) is 51.1 Å². The van der Waals surface area contributed by atoms with Crippen LogP contribution in [0.25, 0.3) is 11.4 Å². The summed E-state index contributed by atoms with van der Waals surface area (Å²) in [7, 11) is -3.12. The van der Waals surface area contributed by atoms with E-state index in [0.29, 0.717) is 18.5 Å². The van der Waals surface area contributed by atoms with Gasteiger partial charge in [-0.15, -0.1) is 11.3 Å². The van der Waals surface area contributed by atoms with E-state index in [4.69, 9.17) is 0 Å². The molecule has 0 spiro atoms. The number of anilines is 1. The summed E-state index contributed by atoms with van der Waals surface area (Å²) in [6.07, 6.45) is 9.09. The Labute approximate surface area is 171 Å². The van der Waals surface area contributed by atoms with Crippen molar-refractivity contribution in [1.29, 1.82) is 0 Å². The zero-order chi connectivity index (χ0) is 20.0. The van der Waals surface area contributed by atoms with Gasteiger partial charge in [0, 0.05) is 30.4 Å². The number of nitrogens with one attached hydrogen (secondary N) is 2. The van der Waals surface area contributed by atoms with Crippen molar-refractivity contribution in [3.05, 3.63) is 23.5 Å². The van der Waals surface area contributed by atoms with Crippen molar-refractivity contribution in [2.45, 2.75) is 58.4 Å². The van der Waals surface area contributed by atoms with Crippen LogP contribution in [0.2, 0.25) is 0 Å². The van der Waals surface area contributed by atoms with Gasteiger partial charge in [-0.2, -0.15) is 0 Å². The summed E-state index contributed by atoms with van der Waals surface area (Å²) in [5.74, 6) is 0.654. The third-order valence-corrected chi connectivity index (χ3v) is 7.37. The molecule has 0 saturated heterocycles. The molecule has 1 aliphatic rings. The van der Waals surface area contributed by atoms with E-state index in [0.717, 1.165) is 60.7 Å². The highest BCUT2D eigenvalue weighted by Gasteiger charge is 2.23. The van der Waals surface area contributed by atoms with Crippen LogP contribution in [-0.4, -0.2) is 41.7 Å². The molecule has 2 aromatic rings. The minimum Gasteiger partial charge on any atom is -0.359 e. The molecule has 0 atom stereocenters. The van der Waals surface area contributed by atoms with E-state index in [9.17, 15) is 8.42 Å². The summed E-state index contributed by atoms with van der Waals surface area (Å²) in [5, 5.41) is 6.45. The number of sulfonamides is 1. The average molecular weight is 424 g/mol. The lowest BCUT2D eigenvalue weighted by Gasteiger charge is -2.29. The van der Waals surface area contributed by atoms with Crippen LogP contribution in [-0.2, 0) is 10.0 Å². The number of hydrogen-bond acceptors (Lipinski definition) is 7. The predicted octanol–water partition coefficient (Wildman–Crippen LogP) is 3.60. The fraction of sp³-hybridized carbons (Fsp3) is 0.632. The standard InChI is InChI=1S/C19H29N5O2S2/c1-3-4-11-28(25,26)22-12-15-5-7-16(8-6-15)23-19-24-17(13-27-19)18-14(2)20-9-10-21-18/h9-10,13,15-16,22H,3-8,11-12H2,1-2H3,(H,23,24). The van der Waals surface area contributed by atoms with Crippen LogP contribution >= 0.6 is 11.3 Å².